The van der Waals surface area contributed by atoms with Crippen LogP contribution in [0.2, 0.25) is 0 Å². The molecule has 1 heterocycles. The van der Waals surface area contributed by atoms with E-state index < -0.39 is 40.9 Å². The highest BCUT2D eigenvalue weighted by atomic mass is 19.3. The molecule has 0 saturated carbocycles. The molecule has 1 atom stereocenters. The van der Waals surface area contributed by atoms with Crippen LogP contribution in [0.5, 0.6) is 11.5 Å². The van der Waals surface area contributed by atoms with Crippen molar-refractivity contribution >= 4 is 16.9 Å². The number of benzene rings is 2. The van der Waals surface area contributed by atoms with Crippen LogP contribution in [0.15, 0.2) is 64.3 Å². The molecule has 258 valence electrons. The highest BCUT2D eigenvalue weighted by Gasteiger charge is 2.37. The number of methoxy groups -OCH3 is 1. The van der Waals surface area contributed by atoms with Crippen LogP contribution in [0.1, 0.15) is 78.2 Å². The number of halogens is 2. The zero-order valence-corrected chi connectivity index (χ0v) is 28.3. The standard InChI is InChI=1S/C37H50F2N2O6/c1-7-8-9-12-25-13-16-28(32(21-25)44-6)29-22-26-14-15-27(23-31(26)47-33(29)42)45-19-10-17-37(38,39)18-11-20-46-34(43)30(36(4,5)41)24-35(2,3)40/h7,13-16,21-23,30H,1,8-12,17-20,24,40-41H2,2-6H3. The minimum Gasteiger partial charge on any atom is -0.496 e. The maximum atomic E-state index is 14.5. The lowest BCUT2D eigenvalue weighted by Gasteiger charge is -2.33. The summed E-state index contributed by atoms with van der Waals surface area (Å²) in [6, 6.07) is 12.6. The maximum Gasteiger partial charge on any atom is 0.344 e. The van der Waals surface area contributed by atoms with Gasteiger partial charge in [-0.3, -0.25) is 4.79 Å². The largest absolute Gasteiger partial charge is 0.496 e. The number of carbonyl (C=O) groups is 1. The molecule has 8 nitrogen and oxygen atoms in total. The first kappa shape index (κ1) is 37.7. The van der Waals surface area contributed by atoms with Crippen LogP contribution >= 0.6 is 0 Å². The number of alkyl halides is 2. The Balaban J connectivity index is 1.51. The van der Waals surface area contributed by atoms with E-state index in [1.807, 2.05) is 24.3 Å². The third kappa shape index (κ3) is 11.8. The first-order valence-corrected chi connectivity index (χ1v) is 16.1. The number of carbonyl (C=O) groups excluding carboxylic acids is 1. The molecule has 0 amide bonds. The Morgan fingerprint density at radius 3 is 2.32 bits per heavy atom. The van der Waals surface area contributed by atoms with E-state index >= 15 is 0 Å². The van der Waals surface area contributed by atoms with E-state index in [1.54, 1.807) is 59.1 Å². The van der Waals surface area contributed by atoms with Gasteiger partial charge in [0.1, 0.15) is 17.1 Å². The molecule has 0 aliphatic carbocycles. The van der Waals surface area contributed by atoms with Gasteiger partial charge in [-0.1, -0.05) is 18.2 Å². The molecule has 0 spiro atoms. The number of fused-ring (bicyclic) bond motifs is 1. The van der Waals surface area contributed by atoms with Crippen molar-refractivity contribution in [1.29, 1.82) is 0 Å². The minimum atomic E-state index is -2.95. The molecule has 10 heteroatoms. The summed E-state index contributed by atoms with van der Waals surface area (Å²) in [6.07, 6.45) is 4.27. The highest BCUT2D eigenvalue weighted by Crippen LogP contribution is 2.32. The van der Waals surface area contributed by atoms with Crippen molar-refractivity contribution in [3.63, 3.8) is 0 Å². The molecule has 1 unspecified atom stereocenters. The lowest BCUT2D eigenvalue weighted by Crippen LogP contribution is -2.50. The van der Waals surface area contributed by atoms with Crippen LogP contribution in [0.3, 0.4) is 0 Å². The van der Waals surface area contributed by atoms with Gasteiger partial charge in [0.25, 0.3) is 0 Å². The average Bonchev–Trinajstić information content (AvgIpc) is 2.99. The predicted octanol–water partition coefficient (Wildman–Crippen LogP) is 7.58. The van der Waals surface area contributed by atoms with Gasteiger partial charge in [0, 0.05) is 40.9 Å². The number of ether oxygens (including phenoxy) is 3. The van der Waals surface area contributed by atoms with Gasteiger partial charge in [-0.25, -0.2) is 13.6 Å². The second-order valence-corrected chi connectivity index (χ2v) is 13.5. The van der Waals surface area contributed by atoms with Gasteiger partial charge in [0.2, 0.25) is 5.92 Å². The third-order valence-corrected chi connectivity index (χ3v) is 7.94. The zero-order valence-electron chi connectivity index (χ0n) is 28.3. The van der Waals surface area contributed by atoms with E-state index in [0.29, 0.717) is 40.0 Å². The molecule has 3 aromatic rings. The van der Waals surface area contributed by atoms with Crippen molar-refractivity contribution in [2.45, 2.75) is 96.1 Å². The molecular formula is C37H50F2N2O6. The topological polar surface area (TPSA) is 127 Å². The van der Waals surface area contributed by atoms with Crippen LogP contribution in [0.25, 0.3) is 22.1 Å². The summed E-state index contributed by atoms with van der Waals surface area (Å²) < 4.78 is 51.2. The van der Waals surface area contributed by atoms with E-state index in [9.17, 15) is 18.4 Å². The smallest absolute Gasteiger partial charge is 0.344 e. The number of unbranched alkanes of at least 4 members (excludes halogenated alkanes) is 1. The lowest BCUT2D eigenvalue weighted by molar-refractivity contribution is -0.152. The molecule has 0 aliphatic heterocycles. The summed E-state index contributed by atoms with van der Waals surface area (Å²) in [7, 11) is 1.57. The van der Waals surface area contributed by atoms with E-state index in [2.05, 4.69) is 6.58 Å². The number of aryl methyl sites for hydroxylation is 1. The molecule has 2 aromatic carbocycles. The van der Waals surface area contributed by atoms with Crippen molar-refractivity contribution in [3.8, 4) is 22.6 Å². The zero-order chi connectivity index (χ0) is 34.8. The quantitative estimate of drug-likeness (QED) is 0.0585. The van der Waals surface area contributed by atoms with Crippen molar-refractivity contribution in [1.82, 2.24) is 0 Å². The SMILES string of the molecule is C=CCCCc1ccc(-c2cc3ccc(OCCCC(F)(F)CCCOC(=O)C(CC(C)(C)N)C(C)(C)N)cc3oc2=O)c(OC)c1. The molecule has 0 radical (unpaired) electrons. The van der Waals surface area contributed by atoms with Gasteiger partial charge >= 0.3 is 11.6 Å². The number of rotatable bonds is 19. The number of hydrogen-bond donors (Lipinski definition) is 2. The van der Waals surface area contributed by atoms with Crippen molar-refractivity contribution < 1.29 is 32.2 Å². The van der Waals surface area contributed by atoms with Crippen LogP contribution in [-0.4, -0.2) is 43.3 Å². The molecular weight excluding hydrogens is 606 g/mol. The van der Waals surface area contributed by atoms with Gasteiger partial charge in [-0.2, -0.15) is 0 Å². The van der Waals surface area contributed by atoms with E-state index in [1.165, 1.54) is 0 Å². The Morgan fingerprint density at radius 1 is 0.979 bits per heavy atom. The van der Waals surface area contributed by atoms with Crippen LogP contribution in [0, 0.1) is 5.92 Å². The summed E-state index contributed by atoms with van der Waals surface area (Å²) in [6.45, 7) is 10.7. The van der Waals surface area contributed by atoms with Crippen LogP contribution < -0.4 is 26.6 Å². The van der Waals surface area contributed by atoms with E-state index in [0.717, 1.165) is 24.8 Å². The van der Waals surface area contributed by atoms with Crippen molar-refractivity contribution in [3.05, 3.63) is 71.1 Å². The molecule has 0 aliphatic rings. The fourth-order valence-corrected chi connectivity index (χ4v) is 5.36. The lowest BCUT2D eigenvalue weighted by atomic mass is 9.80. The Bertz CT molecular complexity index is 1560. The van der Waals surface area contributed by atoms with Crippen molar-refractivity contribution in [2.24, 2.45) is 17.4 Å². The van der Waals surface area contributed by atoms with Crippen LogP contribution in [-0.2, 0) is 16.0 Å². The van der Waals surface area contributed by atoms with E-state index in [4.69, 9.17) is 30.1 Å². The monoisotopic (exact) mass is 656 g/mol. The van der Waals surface area contributed by atoms with Gasteiger partial charge in [0.15, 0.2) is 0 Å². The normalized spacial score (nSPS) is 13.0. The minimum absolute atomic E-state index is 0.0147. The Morgan fingerprint density at radius 2 is 1.68 bits per heavy atom. The summed E-state index contributed by atoms with van der Waals surface area (Å²) in [5.74, 6) is -3.13. The Hall–Kier alpha value is -3.76. The second-order valence-electron chi connectivity index (χ2n) is 13.5. The van der Waals surface area contributed by atoms with Crippen molar-refractivity contribution in [2.75, 3.05) is 20.3 Å². The summed E-state index contributed by atoms with van der Waals surface area (Å²) >= 11 is 0. The van der Waals surface area contributed by atoms with Gasteiger partial charge in [-0.15, -0.1) is 6.58 Å². The fraction of sp³-hybridized carbons (Fsp3) is 0.514. The number of hydrogen-bond acceptors (Lipinski definition) is 8. The molecule has 0 bridgehead atoms. The fourth-order valence-electron chi connectivity index (χ4n) is 5.36. The average molecular weight is 657 g/mol. The molecule has 0 saturated heterocycles. The summed E-state index contributed by atoms with van der Waals surface area (Å²) in [5.41, 5.74) is 12.6. The molecule has 3 rings (SSSR count). The van der Waals surface area contributed by atoms with E-state index in [-0.39, 0.29) is 32.5 Å². The third-order valence-electron chi connectivity index (χ3n) is 7.94. The highest BCUT2D eigenvalue weighted by molar-refractivity contribution is 5.84. The number of nitrogens with two attached hydrogens (primary N) is 2. The first-order chi connectivity index (χ1) is 22.0. The molecule has 47 heavy (non-hydrogen) atoms. The number of esters is 1. The van der Waals surface area contributed by atoms with Gasteiger partial charge < -0.3 is 30.1 Å². The van der Waals surface area contributed by atoms with Gasteiger partial charge in [0.05, 0.1) is 31.8 Å². The number of allylic oxidation sites excluding steroid dienone is 1. The molecule has 1 aromatic heterocycles. The van der Waals surface area contributed by atoms with Gasteiger partial charge in [-0.05, 0) is 96.0 Å². The predicted molar refractivity (Wildman–Crippen MR) is 182 cm³/mol. The first-order valence-electron chi connectivity index (χ1n) is 16.1. The maximum absolute atomic E-state index is 14.5. The summed E-state index contributed by atoms with van der Waals surface area (Å²) in [5, 5.41) is 0.685. The summed E-state index contributed by atoms with van der Waals surface area (Å²) in [4.78, 5) is 25.6. The second kappa shape index (κ2) is 16.4. The Labute approximate surface area is 276 Å². The molecule has 0 fully saturated rings. The molecule has 4 N–H and O–H groups in total. The Kier molecular flexibility index (Phi) is 13.1. The van der Waals surface area contributed by atoms with Crippen LogP contribution in [0.4, 0.5) is 8.78 Å².